The molecule has 1 aliphatic heterocycles. The summed E-state index contributed by atoms with van der Waals surface area (Å²) in [5.74, 6) is 1.28. The number of nitrogens with zero attached hydrogens (tertiary/aromatic N) is 1. The molecule has 2 rings (SSSR count). The van der Waals surface area contributed by atoms with Crippen LogP contribution in [0.4, 0.5) is 0 Å². The molecule has 2 atom stereocenters. The average molecular weight is 308 g/mol. The van der Waals surface area contributed by atoms with E-state index in [1.807, 2.05) is 0 Å². The number of hydrogen-bond donors (Lipinski definition) is 1. The Morgan fingerprint density at radius 3 is 2.86 bits per heavy atom. The van der Waals surface area contributed by atoms with E-state index in [0.717, 1.165) is 25.9 Å². The molecule has 1 aliphatic rings. The first-order chi connectivity index (χ1) is 10.5. The molecular weight excluding hydrogens is 284 g/mol. The predicted octanol–water partition coefficient (Wildman–Crippen LogP) is 1.39. The average Bonchev–Trinajstić information content (AvgIpc) is 2.80. The van der Waals surface area contributed by atoms with Crippen LogP contribution in [0.5, 0.6) is 5.75 Å². The summed E-state index contributed by atoms with van der Waals surface area (Å²) >= 11 is 0. The quantitative estimate of drug-likeness (QED) is 0.860. The van der Waals surface area contributed by atoms with Crippen molar-refractivity contribution in [2.24, 2.45) is 5.92 Å². The number of likely N-dealkylation sites (tertiary alicyclic amines) is 1. The molecule has 1 aromatic rings. The van der Waals surface area contributed by atoms with E-state index in [1.165, 1.54) is 19.4 Å². The molecule has 6 nitrogen and oxygen atoms in total. The van der Waals surface area contributed by atoms with Crippen LogP contribution in [0.2, 0.25) is 0 Å². The van der Waals surface area contributed by atoms with Crippen LogP contribution in [-0.2, 0) is 11.3 Å². The summed E-state index contributed by atoms with van der Waals surface area (Å²) < 4.78 is 10.4. The lowest BCUT2D eigenvalue weighted by Crippen LogP contribution is -2.39. The van der Waals surface area contributed by atoms with Gasteiger partial charge in [0.15, 0.2) is 0 Å². The van der Waals surface area contributed by atoms with Gasteiger partial charge in [-0.2, -0.15) is 0 Å². The van der Waals surface area contributed by atoms with E-state index in [4.69, 9.17) is 9.15 Å². The molecule has 6 heteroatoms. The molecule has 0 aromatic carbocycles. The SMILES string of the molecule is CCC[C@@H]1CN(Cc2cc(=O)c(OC)co2)C[C@H]1NC(C)=O. The van der Waals surface area contributed by atoms with Gasteiger partial charge in [0, 0.05) is 32.1 Å². The van der Waals surface area contributed by atoms with Gasteiger partial charge in [0.1, 0.15) is 12.0 Å². The third-order valence-corrected chi connectivity index (χ3v) is 4.02. The zero-order valence-corrected chi connectivity index (χ0v) is 13.4. The predicted molar refractivity (Wildman–Crippen MR) is 82.8 cm³/mol. The summed E-state index contributed by atoms with van der Waals surface area (Å²) in [5, 5.41) is 3.03. The van der Waals surface area contributed by atoms with Gasteiger partial charge < -0.3 is 14.5 Å². The van der Waals surface area contributed by atoms with E-state index in [9.17, 15) is 9.59 Å². The van der Waals surface area contributed by atoms with Gasteiger partial charge in [-0.3, -0.25) is 14.5 Å². The highest BCUT2D eigenvalue weighted by Gasteiger charge is 2.32. The molecule has 0 radical (unpaired) electrons. The smallest absolute Gasteiger partial charge is 0.227 e. The number of carbonyl (C=O) groups excluding carboxylic acids is 1. The lowest BCUT2D eigenvalue weighted by Gasteiger charge is -2.18. The van der Waals surface area contributed by atoms with Gasteiger partial charge in [-0.15, -0.1) is 0 Å². The summed E-state index contributed by atoms with van der Waals surface area (Å²) in [4.78, 5) is 25.3. The summed E-state index contributed by atoms with van der Waals surface area (Å²) in [7, 11) is 1.44. The molecule has 0 bridgehead atoms. The van der Waals surface area contributed by atoms with E-state index in [1.54, 1.807) is 6.92 Å². The Balaban J connectivity index is 2.02. The summed E-state index contributed by atoms with van der Waals surface area (Å²) in [6.07, 6.45) is 3.52. The molecule has 1 aromatic heterocycles. The van der Waals surface area contributed by atoms with E-state index in [0.29, 0.717) is 18.2 Å². The third kappa shape index (κ3) is 4.10. The maximum absolute atomic E-state index is 11.8. The van der Waals surface area contributed by atoms with Crippen molar-refractivity contribution in [2.75, 3.05) is 20.2 Å². The van der Waals surface area contributed by atoms with Gasteiger partial charge in [-0.05, 0) is 12.3 Å². The second-order valence-corrected chi connectivity index (χ2v) is 5.83. The summed E-state index contributed by atoms with van der Waals surface area (Å²) in [6, 6.07) is 1.64. The summed E-state index contributed by atoms with van der Waals surface area (Å²) in [6.45, 7) is 5.94. The number of nitrogens with one attached hydrogen (secondary N) is 1. The van der Waals surface area contributed by atoms with Crippen molar-refractivity contribution in [3.63, 3.8) is 0 Å². The van der Waals surface area contributed by atoms with Crippen LogP contribution in [0, 0.1) is 5.92 Å². The Hall–Kier alpha value is -1.82. The molecule has 0 unspecified atom stereocenters. The van der Waals surface area contributed by atoms with E-state index < -0.39 is 0 Å². The number of amides is 1. The Morgan fingerprint density at radius 1 is 1.50 bits per heavy atom. The van der Waals surface area contributed by atoms with Crippen molar-refractivity contribution in [3.05, 3.63) is 28.3 Å². The first kappa shape index (κ1) is 16.5. The van der Waals surface area contributed by atoms with Crippen molar-refractivity contribution in [2.45, 2.75) is 39.3 Å². The van der Waals surface area contributed by atoms with Crippen LogP contribution in [0.15, 0.2) is 21.5 Å². The van der Waals surface area contributed by atoms with Crippen molar-refractivity contribution >= 4 is 5.91 Å². The first-order valence-corrected chi connectivity index (χ1v) is 7.68. The minimum Gasteiger partial charge on any atom is -0.490 e. The second kappa shape index (κ2) is 7.45. The van der Waals surface area contributed by atoms with Crippen LogP contribution >= 0.6 is 0 Å². The molecule has 2 heterocycles. The zero-order chi connectivity index (χ0) is 16.1. The van der Waals surface area contributed by atoms with Gasteiger partial charge in [0.25, 0.3) is 0 Å². The van der Waals surface area contributed by atoms with Crippen molar-refractivity contribution in [3.8, 4) is 5.75 Å². The van der Waals surface area contributed by atoms with Gasteiger partial charge in [0.2, 0.25) is 17.1 Å². The number of rotatable bonds is 6. The molecule has 1 saturated heterocycles. The molecule has 0 saturated carbocycles. The van der Waals surface area contributed by atoms with Gasteiger partial charge in [0.05, 0.1) is 13.7 Å². The fourth-order valence-electron chi connectivity index (χ4n) is 3.07. The van der Waals surface area contributed by atoms with Crippen molar-refractivity contribution in [1.29, 1.82) is 0 Å². The highest BCUT2D eigenvalue weighted by atomic mass is 16.5. The number of carbonyl (C=O) groups is 1. The van der Waals surface area contributed by atoms with Crippen LogP contribution in [-0.4, -0.2) is 37.0 Å². The van der Waals surface area contributed by atoms with Crippen LogP contribution < -0.4 is 15.5 Å². The Kier molecular flexibility index (Phi) is 5.60. The standard InChI is InChI=1S/C16H24N2O4/c1-4-5-12-7-18(9-14(12)17-11(2)19)8-13-6-15(20)16(21-3)10-22-13/h6,10,12,14H,4-5,7-9H2,1-3H3,(H,17,19)/t12-,14-/m1/s1. The van der Waals surface area contributed by atoms with E-state index in [-0.39, 0.29) is 23.1 Å². The third-order valence-electron chi connectivity index (χ3n) is 4.02. The van der Waals surface area contributed by atoms with Crippen molar-refractivity contribution < 1.29 is 13.9 Å². The second-order valence-electron chi connectivity index (χ2n) is 5.83. The highest BCUT2D eigenvalue weighted by molar-refractivity contribution is 5.73. The van der Waals surface area contributed by atoms with E-state index >= 15 is 0 Å². The molecule has 0 aliphatic carbocycles. The van der Waals surface area contributed by atoms with Gasteiger partial charge >= 0.3 is 0 Å². The maximum atomic E-state index is 11.8. The largest absolute Gasteiger partial charge is 0.490 e. The molecule has 1 fully saturated rings. The topological polar surface area (TPSA) is 71.8 Å². The lowest BCUT2D eigenvalue weighted by atomic mass is 9.98. The number of hydrogen-bond acceptors (Lipinski definition) is 5. The Morgan fingerprint density at radius 2 is 2.27 bits per heavy atom. The Labute approximate surface area is 130 Å². The minimum absolute atomic E-state index is 0.00364. The molecule has 122 valence electrons. The molecular formula is C16H24N2O4. The van der Waals surface area contributed by atoms with Gasteiger partial charge in [-0.25, -0.2) is 0 Å². The monoisotopic (exact) mass is 308 g/mol. The fraction of sp³-hybridized carbons (Fsp3) is 0.625. The maximum Gasteiger partial charge on any atom is 0.227 e. The fourth-order valence-corrected chi connectivity index (χ4v) is 3.07. The normalized spacial score (nSPS) is 21.8. The van der Waals surface area contributed by atoms with Crippen LogP contribution in [0.3, 0.4) is 0 Å². The molecule has 1 N–H and O–H groups in total. The highest BCUT2D eigenvalue weighted by Crippen LogP contribution is 2.23. The van der Waals surface area contributed by atoms with Gasteiger partial charge in [-0.1, -0.05) is 13.3 Å². The van der Waals surface area contributed by atoms with Crippen LogP contribution in [0.25, 0.3) is 0 Å². The molecule has 1 amide bonds. The van der Waals surface area contributed by atoms with Crippen molar-refractivity contribution in [1.82, 2.24) is 10.2 Å². The number of ether oxygens (including phenoxy) is 1. The van der Waals surface area contributed by atoms with E-state index in [2.05, 4.69) is 17.1 Å². The number of methoxy groups -OCH3 is 1. The van der Waals surface area contributed by atoms with Crippen LogP contribution in [0.1, 0.15) is 32.4 Å². The molecule has 0 spiro atoms. The Bertz CT molecular complexity index is 570. The summed E-state index contributed by atoms with van der Waals surface area (Å²) in [5.41, 5.74) is -0.175. The molecule has 22 heavy (non-hydrogen) atoms. The zero-order valence-electron chi connectivity index (χ0n) is 13.4. The lowest BCUT2D eigenvalue weighted by molar-refractivity contribution is -0.119. The minimum atomic E-state index is -0.175. The first-order valence-electron chi connectivity index (χ1n) is 7.68.